The Kier molecular flexibility index (Phi) is 7.60. The van der Waals surface area contributed by atoms with Crippen LogP contribution in [0.15, 0.2) is 176 Å². The van der Waals surface area contributed by atoms with E-state index in [1.807, 2.05) is 0 Å². The fourth-order valence-electron chi connectivity index (χ4n) is 8.00. The highest BCUT2D eigenvalue weighted by atomic mass is 15.3. The number of benzene rings is 6. The average molecular weight is 635 g/mol. The van der Waals surface area contributed by atoms with Crippen molar-refractivity contribution in [3.05, 3.63) is 182 Å². The van der Waals surface area contributed by atoms with Crippen molar-refractivity contribution in [3.8, 4) is 33.4 Å². The summed E-state index contributed by atoms with van der Waals surface area (Å²) < 4.78 is 0. The Balaban J connectivity index is 1.07. The van der Waals surface area contributed by atoms with Gasteiger partial charge in [-0.25, -0.2) is 0 Å². The van der Waals surface area contributed by atoms with Crippen molar-refractivity contribution in [3.63, 3.8) is 0 Å². The van der Waals surface area contributed by atoms with Crippen LogP contribution >= 0.6 is 0 Å². The molecule has 6 aromatic rings. The first kappa shape index (κ1) is 30.7. The summed E-state index contributed by atoms with van der Waals surface area (Å²) in [4.78, 5) is 4.92. The summed E-state index contributed by atoms with van der Waals surface area (Å²) in [5, 5.41) is 0. The first-order valence-electron chi connectivity index (χ1n) is 17.3. The van der Waals surface area contributed by atoms with Gasteiger partial charge in [0, 0.05) is 34.2 Å². The molecule has 1 aliphatic carbocycles. The lowest BCUT2D eigenvalue weighted by atomic mass is 9.79. The van der Waals surface area contributed by atoms with Crippen LogP contribution in [0.2, 0.25) is 0 Å². The topological polar surface area (TPSA) is 6.48 Å². The highest BCUT2D eigenvalue weighted by Crippen LogP contribution is 2.54. The first-order valence-corrected chi connectivity index (χ1v) is 17.3. The molecule has 2 atom stereocenters. The molecule has 2 heteroatoms. The third-order valence-corrected chi connectivity index (χ3v) is 10.2. The fourth-order valence-corrected chi connectivity index (χ4v) is 8.00. The Bertz CT molecular complexity index is 2140. The highest BCUT2D eigenvalue weighted by molar-refractivity contribution is 5.81. The summed E-state index contributed by atoms with van der Waals surface area (Å²) in [7, 11) is 0. The molecular weight excluding hydrogens is 593 g/mol. The number of para-hydroxylation sites is 1. The van der Waals surface area contributed by atoms with Crippen LogP contribution < -0.4 is 9.80 Å². The van der Waals surface area contributed by atoms with Gasteiger partial charge in [-0.15, -0.1) is 0 Å². The van der Waals surface area contributed by atoms with Crippen LogP contribution in [0.25, 0.3) is 33.4 Å². The second-order valence-corrected chi connectivity index (χ2v) is 14.4. The van der Waals surface area contributed by atoms with Gasteiger partial charge in [0.2, 0.25) is 0 Å². The van der Waals surface area contributed by atoms with Crippen molar-refractivity contribution in [1.29, 1.82) is 0 Å². The van der Waals surface area contributed by atoms with E-state index < -0.39 is 0 Å². The van der Waals surface area contributed by atoms with Gasteiger partial charge in [-0.2, -0.15) is 0 Å². The molecule has 0 bridgehead atoms. The van der Waals surface area contributed by atoms with Crippen LogP contribution in [-0.4, -0.2) is 11.1 Å². The third kappa shape index (κ3) is 5.58. The number of allylic oxidation sites excluding steroid dienone is 2. The molecule has 6 aromatic carbocycles. The molecule has 240 valence electrons. The summed E-state index contributed by atoms with van der Waals surface area (Å²) in [6.45, 7) is 9.33. The van der Waals surface area contributed by atoms with Crippen molar-refractivity contribution in [2.75, 3.05) is 9.80 Å². The number of nitrogens with zero attached hydrogens (tertiary/aromatic N) is 2. The van der Waals surface area contributed by atoms with Crippen LogP contribution in [0.5, 0.6) is 0 Å². The average Bonchev–Trinajstić information content (AvgIpc) is 3.41. The molecule has 49 heavy (non-hydrogen) atoms. The first-order chi connectivity index (χ1) is 23.8. The Morgan fingerprint density at radius 1 is 0.510 bits per heavy atom. The molecule has 0 N–H and O–H groups in total. The number of fused-ring (bicyclic) bond motifs is 3. The standard InChI is InChI=1S/C47H42N2/c1-46(2,3)49-45-31-26-39(33-43(45)44-17-11-12-32-47(44,49)4)38-20-18-35(19-21-38)37-24-29-42(30-25-37)48(40-15-9-6-10-16-40)41-27-22-36(23-28-41)34-13-7-5-8-14-34/h5-33,44H,1-4H3. The molecule has 2 unspecified atom stereocenters. The normalized spacial score (nSPS) is 17.9. The monoisotopic (exact) mass is 634 g/mol. The van der Waals surface area contributed by atoms with E-state index in [0.717, 1.165) is 17.1 Å². The predicted molar refractivity (Wildman–Crippen MR) is 209 cm³/mol. The van der Waals surface area contributed by atoms with Gasteiger partial charge >= 0.3 is 0 Å². The van der Waals surface area contributed by atoms with Gasteiger partial charge in [0.05, 0.1) is 5.54 Å². The zero-order valence-corrected chi connectivity index (χ0v) is 28.7. The Morgan fingerprint density at radius 3 is 1.51 bits per heavy atom. The number of anilines is 4. The maximum absolute atomic E-state index is 2.61. The van der Waals surface area contributed by atoms with E-state index in [2.05, 4.69) is 213 Å². The molecule has 1 aliphatic heterocycles. The van der Waals surface area contributed by atoms with E-state index in [1.165, 1.54) is 44.6 Å². The maximum atomic E-state index is 2.61. The minimum Gasteiger partial charge on any atom is -0.357 e. The van der Waals surface area contributed by atoms with E-state index in [1.54, 1.807) is 0 Å². The van der Waals surface area contributed by atoms with E-state index in [9.17, 15) is 0 Å². The molecule has 0 amide bonds. The number of hydrogen-bond donors (Lipinski definition) is 0. The van der Waals surface area contributed by atoms with Gasteiger partial charge in [0.1, 0.15) is 0 Å². The zero-order chi connectivity index (χ0) is 33.6. The second kappa shape index (κ2) is 12.1. The Morgan fingerprint density at radius 2 is 0.959 bits per heavy atom. The minimum absolute atomic E-state index is 0.0115. The molecule has 8 rings (SSSR count). The molecular formula is C47H42N2. The highest BCUT2D eigenvalue weighted by Gasteiger charge is 2.49. The Labute approximate surface area is 291 Å². The van der Waals surface area contributed by atoms with Gasteiger partial charge in [0.15, 0.2) is 0 Å². The largest absolute Gasteiger partial charge is 0.357 e. The van der Waals surface area contributed by atoms with E-state index in [4.69, 9.17) is 0 Å². The van der Waals surface area contributed by atoms with Gasteiger partial charge in [-0.3, -0.25) is 0 Å². The van der Waals surface area contributed by atoms with Crippen LogP contribution in [0.3, 0.4) is 0 Å². The van der Waals surface area contributed by atoms with Gasteiger partial charge in [-0.1, -0.05) is 127 Å². The van der Waals surface area contributed by atoms with Crippen LogP contribution in [0, 0.1) is 0 Å². The molecule has 0 saturated heterocycles. The molecule has 0 spiro atoms. The lowest BCUT2D eigenvalue weighted by molar-refractivity contribution is 0.388. The van der Waals surface area contributed by atoms with Crippen molar-refractivity contribution in [2.45, 2.75) is 44.7 Å². The predicted octanol–water partition coefficient (Wildman–Crippen LogP) is 12.7. The summed E-state index contributed by atoms with van der Waals surface area (Å²) in [5.74, 6) is 0.335. The van der Waals surface area contributed by atoms with E-state index in [0.29, 0.717) is 5.92 Å². The molecule has 0 saturated carbocycles. The van der Waals surface area contributed by atoms with E-state index >= 15 is 0 Å². The maximum Gasteiger partial charge on any atom is 0.0668 e. The molecule has 0 radical (unpaired) electrons. The lowest BCUT2D eigenvalue weighted by Gasteiger charge is -2.47. The molecule has 1 heterocycles. The molecule has 0 fully saturated rings. The lowest BCUT2D eigenvalue weighted by Crippen LogP contribution is -2.54. The van der Waals surface area contributed by atoms with Gasteiger partial charge in [-0.05, 0) is 115 Å². The quantitative estimate of drug-likeness (QED) is 0.180. The smallest absolute Gasteiger partial charge is 0.0668 e. The van der Waals surface area contributed by atoms with Crippen molar-refractivity contribution >= 4 is 22.7 Å². The second-order valence-electron chi connectivity index (χ2n) is 14.4. The SMILES string of the molecule is CC(C)(C)N1c2ccc(-c3ccc(-c4ccc(N(c5ccccc5)c5ccc(-c6ccccc6)cc5)cc4)cc3)cc2C2C=CC=CC21C. The Hall–Kier alpha value is -5.60. The number of rotatable bonds is 6. The van der Waals surface area contributed by atoms with Gasteiger partial charge < -0.3 is 9.80 Å². The van der Waals surface area contributed by atoms with Crippen LogP contribution in [0.4, 0.5) is 22.7 Å². The minimum atomic E-state index is -0.0638. The summed E-state index contributed by atoms with van der Waals surface area (Å²) in [5.41, 5.74) is 13.4. The van der Waals surface area contributed by atoms with Crippen molar-refractivity contribution in [2.24, 2.45) is 0 Å². The van der Waals surface area contributed by atoms with Crippen LogP contribution in [-0.2, 0) is 0 Å². The summed E-state index contributed by atoms with van der Waals surface area (Å²) in [6.07, 6.45) is 9.16. The molecule has 0 aromatic heterocycles. The summed E-state index contributed by atoms with van der Waals surface area (Å²) >= 11 is 0. The molecule has 2 aliphatic rings. The van der Waals surface area contributed by atoms with Crippen molar-refractivity contribution in [1.82, 2.24) is 0 Å². The summed E-state index contributed by atoms with van der Waals surface area (Å²) in [6, 6.07) is 55.0. The number of hydrogen-bond acceptors (Lipinski definition) is 2. The van der Waals surface area contributed by atoms with Crippen LogP contribution in [0.1, 0.15) is 39.2 Å². The fraction of sp³-hybridized carbons (Fsp3) is 0.149. The zero-order valence-electron chi connectivity index (χ0n) is 28.7. The van der Waals surface area contributed by atoms with Gasteiger partial charge in [0.25, 0.3) is 0 Å². The third-order valence-electron chi connectivity index (χ3n) is 10.2. The van der Waals surface area contributed by atoms with E-state index in [-0.39, 0.29) is 11.1 Å². The van der Waals surface area contributed by atoms with Crippen molar-refractivity contribution < 1.29 is 0 Å². The molecule has 2 nitrogen and oxygen atoms in total.